The van der Waals surface area contributed by atoms with Gasteiger partial charge in [0.2, 0.25) is 0 Å². The highest BCUT2D eigenvalue weighted by Gasteiger charge is 2.24. The first-order valence-corrected chi connectivity index (χ1v) is 7.65. The van der Waals surface area contributed by atoms with Crippen molar-refractivity contribution in [2.45, 2.75) is 26.4 Å². The van der Waals surface area contributed by atoms with Gasteiger partial charge in [0.15, 0.2) is 0 Å². The van der Waals surface area contributed by atoms with Crippen LogP contribution in [0.3, 0.4) is 0 Å². The van der Waals surface area contributed by atoms with Gasteiger partial charge >= 0.3 is 6.09 Å². The Kier molecular flexibility index (Phi) is 5.34. The van der Waals surface area contributed by atoms with Crippen LogP contribution in [0.4, 0.5) is 10.5 Å². The fourth-order valence-electron chi connectivity index (χ4n) is 2.09. The maximum absolute atomic E-state index is 12.6. The van der Waals surface area contributed by atoms with Crippen molar-refractivity contribution in [3.8, 4) is 5.75 Å². The quantitative estimate of drug-likeness (QED) is 0.795. The highest BCUT2D eigenvalue weighted by molar-refractivity contribution is 5.91. The summed E-state index contributed by atoms with van der Waals surface area (Å²) in [6, 6.07) is 9.03. The fourth-order valence-corrected chi connectivity index (χ4v) is 2.09. The molecule has 1 aromatic carbocycles. The summed E-state index contributed by atoms with van der Waals surface area (Å²) in [5.74, 6) is 0.719. The number of hydrogen-bond donors (Lipinski definition) is 0. The largest absolute Gasteiger partial charge is 0.497 e. The van der Waals surface area contributed by atoms with E-state index < -0.39 is 11.7 Å². The molecule has 0 unspecified atom stereocenters. The number of carbonyl (C=O) groups excluding carboxylic acids is 1. The monoisotopic (exact) mass is 329 g/mol. The Balaban J connectivity index is 2.26. The minimum atomic E-state index is -0.585. The van der Waals surface area contributed by atoms with Crippen molar-refractivity contribution in [3.05, 3.63) is 55.0 Å². The van der Waals surface area contributed by atoms with Crippen LogP contribution >= 0.6 is 0 Å². The third-order valence-electron chi connectivity index (χ3n) is 3.28. The molecule has 1 heterocycles. The molecular weight excluding hydrogens is 306 g/mol. The molecule has 0 spiro atoms. The molecule has 0 saturated heterocycles. The zero-order valence-corrected chi connectivity index (χ0v) is 14.5. The lowest BCUT2D eigenvalue weighted by Crippen LogP contribution is -2.37. The number of amides is 1. The number of rotatable bonds is 5. The van der Waals surface area contributed by atoms with Crippen molar-refractivity contribution in [3.63, 3.8) is 0 Å². The average Bonchev–Trinajstić information content (AvgIpc) is 3.05. The molecule has 1 amide bonds. The molecule has 2 aromatic rings. The lowest BCUT2D eigenvalue weighted by molar-refractivity contribution is 0.0585. The Labute approximate surface area is 142 Å². The lowest BCUT2D eigenvalue weighted by Gasteiger charge is -2.28. The third kappa shape index (κ3) is 4.65. The molecule has 128 valence electrons. The minimum absolute atomic E-state index is 0.292. The van der Waals surface area contributed by atoms with E-state index in [2.05, 4.69) is 6.58 Å². The molecule has 5 nitrogen and oxygen atoms in total. The maximum Gasteiger partial charge on any atom is 0.415 e. The van der Waals surface area contributed by atoms with Gasteiger partial charge in [-0.1, -0.05) is 6.58 Å². The highest BCUT2D eigenvalue weighted by Crippen LogP contribution is 2.24. The van der Waals surface area contributed by atoms with Gasteiger partial charge in [0.05, 0.1) is 26.2 Å². The van der Waals surface area contributed by atoms with E-state index in [4.69, 9.17) is 13.9 Å². The van der Waals surface area contributed by atoms with Crippen LogP contribution in [0.1, 0.15) is 26.3 Å². The van der Waals surface area contributed by atoms with Gasteiger partial charge in [-0.3, -0.25) is 4.90 Å². The molecule has 0 N–H and O–H groups in total. The van der Waals surface area contributed by atoms with Gasteiger partial charge in [-0.25, -0.2) is 4.79 Å². The molecule has 2 rings (SSSR count). The predicted molar refractivity (Wildman–Crippen MR) is 94.3 cm³/mol. The minimum Gasteiger partial charge on any atom is -0.497 e. The maximum atomic E-state index is 12.6. The molecule has 0 saturated carbocycles. The van der Waals surface area contributed by atoms with Gasteiger partial charge in [-0.2, -0.15) is 0 Å². The van der Waals surface area contributed by atoms with E-state index in [1.807, 2.05) is 39.0 Å². The molecule has 24 heavy (non-hydrogen) atoms. The van der Waals surface area contributed by atoms with Crippen LogP contribution in [0.15, 0.2) is 53.9 Å². The normalized spacial score (nSPS) is 11.0. The Bertz CT molecular complexity index is 681. The van der Waals surface area contributed by atoms with E-state index >= 15 is 0 Å². The van der Waals surface area contributed by atoms with Crippen molar-refractivity contribution in [2.24, 2.45) is 0 Å². The van der Waals surface area contributed by atoms with Gasteiger partial charge in [0, 0.05) is 11.3 Å². The highest BCUT2D eigenvalue weighted by atomic mass is 16.6. The molecule has 0 aliphatic rings. The summed E-state index contributed by atoms with van der Waals surface area (Å²) in [6.45, 7) is 9.84. The van der Waals surface area contributed by atoms with Crippen LogP contribution in [-0.2, 0) is 4.74 Å². The molecule has 0 radical (unpaired) electrons. The van der Waals surface area contributed by atoms with Crippen molar-refractivity contribution in [1.29, 1.82) is 0 Å². The van der Waals surface area contributed by atoms with Gasteiger partial charge < -0.3 is 13.9 Å². The van der Waals surface area contributed by atoms with Crippen LogP contribution < -0.4 is 9.64 Å². The van der Waals surface area contributed by atoms with Gasteiger partial charge in [0.1, 0.15) is 11.4 Å². The van der Waals surface area contributed by atoms with Crippen molar-refractivity contribution < 1.29 is 18.7 Å². The van der Waals surface area contributed by atoms with E-state index in [9.17, 15) is 4.79 Å². The van der Waals surface area contributed by atoms with Gasteiger partial charge in [-0.05, 0) is 56.7 Å². The first kappa shape index (κ1) is 17.7. The Morgan fingerprint density at radius 1 is 1.21 bits per heavy atom. The lowest BCUT2D eigenvalue weighted by atomic mass is 10.1. The predicted octanol–water partition coefficient (Wildman–Crippen LogP) is 4.74. The molecule has 0 fully saturated rings. The summed E-state index contributed by atoms with van der Waals surface area (Å²) in [6.07, 6.45) is 2.74. The second kappa shape index (κ2) is 7.25. The smallest absolute Gasteiger partial charge is 0.415 e. The Morgan fingerprint density at radius 3 is 2.38 bits per heavy atom. The van der Waals surface area contributed by atoms with E-state index in [1.165, 1.54) is 0 Å². The number of furan rings is 1. The second-order valence-electron chi connectivity index (χ2n) is 6.38. The van der Waals surface area contributed by atoms with Crippen LogP contribution in [0, 0.1) is 0 Å². The average molecular weight is 329 g/mol. The SMILES string of the molecule is C=C(CN(C(=O)OC(C)(C)C)c1ccc(OC)cc1)c1ccoc1. The van der Waals surface area contributed by atoms with Crippen LogP contribution in [0.25, 0.3) is 5.57 Å². The summed E-state index contributed by atoms with van der Waals surface area (Å²) < 4.78 is 15.8. The van der Waals surface area contributed by atoms with Crippen LogP contribution in [0.5, 0.6) is 5.75 Å². The zero-order valence-electron chi connectivity index (χ0n) is 14.5. The number of ether oxygens (including phenoxy) is 2. The zero-order chi connectivity index (χ0) is 17.7. The summed E-state index contributed by atoms with van der Waals surface area (Å²) in [4.78, 5) is 14.2. The molecule has 0 atom stereocenters. The topological polar surface area (TPSA) is 51.9 Å². The molecule has 5 heteroatoms. The molecule has 1 aromatic heterocycles. The van der Waals surface area contributed by atoms with Crippen LogP contribution in [-0.4, -0.2) is 25.3 Å². The fraction of sp³-hybridized carbons (Fsp3) is 0.316. The van der Waals surface area contributed by atoms with Crippen molar-refractivity contribution >= 4 is 17.4 Å². The van der Waals surface area contributed by atoms with E-state index in [1.54, 1.807) is 36.7 Å². The van der Waals surface area contributed by atoms with Gasteiger partial charge in [-0.15, -0.1) is 0 Å². The first-order chi connectivity index (χ1) is 11.3. The molecule has 0 aliphatic heterocycles. The molecule has 0 bridgehead atoms. The number of anilines is 1. The summed E-state index contributed by atoms with van der Waals surface area (Å²) >= 11 is 0. The molecule has 0 aliphatic carbocycles. The summed E-state index contributed by atoms with van der Waals surface area (Å²) in [5.41, 5.74) is 1.72. The second-order valence-corrected chi connectivity index (χ2v) is 6.38. The Hall–Kier alpha value is -2.69. The van der Waals surface area contributed by atoms with E-state index in [-0.39, 0.29) is 0 Å². The van der Waals surface area contributed by atoms with Crippen molar-refractivity contribution in [1.82, 2.24) is 0 Å². The third-order valence-corrected chi connectivity index (χ3v) is 3.28. The first-order valence-electron chi connectivity index (χ1n) is 7.65. The van der Waals surface area contributed by atoms with Crippen molar-refractivity contribution in [2.75, 3.05) is 18.6 Å². The number of nitrogens with zero attached hydrogens (tertiary/aromatic N) is 1. The number of methoxy groups -OCH3 is 1. The summed E-state index contributed by atoms with van der Waals surface area (Å²) in [5, 5.41) is 0. The standard InChI is InChI=1S/C19H23NO4/c1-14(15-10-11-23-13-15)12-20(18(21)24-19(2,3)4)16-6-8-17(22-5)9-7-16/h6-11,13H,1,12H2,2-5H3. The molecular formula is C19H23NO4. The van der Waals surface area contributed by atoms with E-state index in [0.717, 1.165) is 16.9 Å². The number of carbonyl (C=O) groups is 1. The summed E-state index contributed by atoms with van der Waals surface area (Å²) in [7, 11) is 1.60. The van der Waals surface area contributed by atoms with Crippen LogP contribution in [0.2, 0.25) is 0 Å². The number of hydrogen-bond acceptors (Lipinski definition) is 4. The number of benzene rings is 1. The van der Waals surface area contributed by atoms with Gasteiger partial charge in [0.25, 0.3) is 0 Å². The van der Waals surface area contributed by atoms with E-state index in [0.29, 0.717) is 12.2 Å². The Morgan fingerprint density at radius 2 is 1.88 bits per heavy atom.